The van der Waals surface area contributed by atoms with Crippen LogP contribution in [0.4, 0.5) is 0 Å². The molecule has 0 saturated heterocycles. The van der Waals surface area contributed by atoms with Crippen LogP contribution in [0.5, 0.6) is 5.75 Å². The maximum Gasteiger partial charge on any atom is 0.303 e. The van der Waals surface area contributed by atoms with Crippen LogP contribution in [0.3, 0.4) is 0 Å². The summed E-state index contributed by atoms with van der Waals surface area (Å²) in [6, 6.07) is 16.2. The number of rotatable bonds is 13. The van der Waals surface area contributed by atoms with Crippen LogP contribution >= 0.6 is 0 Å². The van der Waals surface area contributed by atoms with Crippen molar-refractivity contribution in [3.05, 3.63) is 64.7 Å². The number of aryl methyl sites for hydroxylation is 1. The van der Waals surface area contributed by atoms with Gasteiger partial charge in [-0.05, 0) is 87.1 Å². The molecule has 182 valence electrons. The number of nitrogens with zero attached hydrogens (tertiary/aromatic N) is 1. The van der Waals surface area contributed by atoms with E-state index >= 15 is 0 Å². The molecule has 6 heteroatoms. The molecule has 0 fully saturated rings. The molecule has 3 rings (SSSR count). The summed E-state index contributed by atoms with van der Waals surface area (Å²) >= 11 is 0. The van der Waals surface area contributed by atoms with E-state index in [4.69, 9.17) is 9.84 Å². The summed E-state index contributed by atoms with van der Waals surface area (Å²) in [5.74, 6) is 0.271. The molecular formula is C28H36N2O4. The number of carbonyl (C=O) groups is 1. The number of hydrogen-bond donors (Lipinski definition) is 3. The van der Waals surface area contributed by atoms with Crippen molar-refractivity contribution < 1.29 is 19.7 Å². The summed E-state index contributed by atoms with van der Waals surface area (Å²) in [6.07, 6.45) is 4.78. The van der Waals surface area contributed by atoms with E-state index < -0.39 is 12.1 Å². The van der Waals surface area contributed by atoms with Crippen molar-refractivity contribution >= 4 is 5.97 Å². The summed E-state index contributed by atoms with van der Waals surface area (Å²) in [7, 11) is 0. The topological polar surface area (TPSA) is 103 Å². The van der Waals surface area contributed by atoms with Gasteiger partial charge in [0.1, 0.15) is 24.5 Å². The Labute approximate surface area is 202 Å². The molecule has 0 heterocycles. The van der Waals surface area contributed by atoms with Crippen LogP contribution in [0.25, 0.3) is 0 Å². The molecule has 2 aromatic carbocycles. The van der Waals surface area contributed by atoms with Gasteiger partial charge in [0.05, 0.1) is 5.56 Å². The minimum Gasteiger partial charge on any atom is -0.489 e. The van der Waals surface area contributed by atoms with Crippen molar-refractivity contribution in [2.45, 2.75) is 70.4 Å². The van der Waals surface area contributed by atoms with E-state index in [1.54, 1.807) is 6.07 Å². The first-order valence-electron chi connectivity index (χ1n) is 12.1. The SMILES string of the molecule is CC(C)(CC1Cc2ccccc2C1)NC[C@H](O)COc1cc(CCCCC(=O)O)ccc1C#N. The highest BCUT2D eigenvalue weighted by Gasteiger charge is 2.28. The smallest absolute Gasteiger partial charge is 0.303 e. The zero-order chi connectivity index (χ0) is 24.6. The molecule has 1 aliphatic carbocycles. The van der Waals surface area contributed by atoms with E-state index in [1.807, 2.05) is 12.1 Å². The van der Waals surface area contributed by atoms with Crippen molar-refractivity contribution in [1.29, 1.82) is 5.26 Å². The number of carboxylic acid groups (broad SMARTS) is 1. The Bertz CT molecular complexity index is 987. The molecule has 0 bridgehead atoms. The number of fused-ring (bicyclic) bond motifs is 1. The normalized spacial score (nSPS) is 14.4. The quantitative estimate of drug-likeness (QED) is 0.383. The van der Waals surface area contributed by atoms with E-state index in [1.165, 1.54) is 11.1 Å². The highest BCUT2D eigenvalue weighted by atomic mass is 16.5. The molecule has 0 unspecified atom stereocenters. The number of aliphatic carboxylic acids is 1. The molecule has 0 aliphatic heterocycles. The second kappa shape index (κ2) is 12.0. The van der Waals surface area contributed by atoms with E-state index in [0.717, 1.165) is 37.7 Å². The Morgan fingerprint density at radius 3 is 2.56 bits per heavy atom. The third-order valence-electron chi connectivity index (χ3n) is 6.45. The number of aliphatic hydroxyl groups excluding tert-OH is 1. The maximum absolute atomic E-state index is 10.7. The second-order valence-electron chi connectivity index (χ2n) is 10.0. The number of benzene rings is 2. The lowest BCUT2D eigenvalue weighted by Gasteiger charge is -2.30. The standard InChI is InChI=1S/C28H36N2O4/c1-28(2,16-21-13-22-8-4-5-9-23(22)14-21)30-18-25(31)19-34-26-15-20(11-12-24(26)17-29)7-3-6-10-27(32)33/h4-5,8-9,11-12,15,21,25,30-31H,3,6-7,10,13-14,16,18-19H2,1-2H3,(H,32,33)/t25-/m0/s1. The van der Waals surface area contributed by atoms with Crippen LogP contribution in [0.1, 0.15) is 61.8 Å². The first-order valence-corrected chi connectivity index (χ1v) is 12.1. The summed E-state index contributed by atoms with van der Waals surface area (Å²) in [6.45, 7) is 4.84. The van der Waals surface area contributed by atoms with Crippen molar-refractivity contribution in [1.82, 2.24) is 5.32 Å². The Hall–Kier alpha value is -2.88. The van der Waals surface area contributed by atoms with Crippen molar-refractivity contribution in [2.75, 3.05) is 13.2 Å². The fourth-order valence-corrected chi connectivity index (χ4v) is 4.77. The maximum atomic E-state index is 10.7. The first-order chi connectivity index (χ1) is 16.3. The van der Waals surface area contributed by atoms with Gasteiger partial charge in [-0.3, -0.25) is 4.79 Å². The minimum atomic E-state index is -0.789. The molecule has 1 atom stereocenters. The molecule has 6 nitrogen and oxygen atoms in total. The Morgan fingerprint density at radius 2 is 1.91 bits per heavy atom. The van der Waals surface area contributed by atoms with Crippen molar-refractivity contribution in [3.8, 4) is 11.8 Å². The lowest BCUT2D eigenvalue weighted by Crippen LogP contribution is -2.46. The van der Waals surface area contributed by atoms with Gasteiger partial charge in [0.2, 0.25) is 0 Å². The highest BCUT2D eigenvalue weighted by molar-refractivity contribution is 5.66. The molecule has 2 aromatic rings. The van der Waals surface area contributed by atoms with Gasteiger partial charge >= 0.3 is 5.97 Å². The van der Waals surface area contributed by atoms with Gasteiger partial charge in [0.15, 0.2) is 0 Å². The first kappa shape index (κ1) is 25.7. The molecule has 3 N–H and O–H groups in total. The number of hydrogen-bond acceptors (Lipinski definition) is 5. The summed E-state index contributed by atoms with van der Waals surface area (Å²) in [5, 5.41) is 32.2. The van der Waals surface area contributed by atoms with Crippen LogP contribution in [-0.4, -0.2) is 41.0 Å². The Morgan fingerprint density at radius 1 is 1.21 bits per heavy atom. The van der Waals surface area contributed by atoms with Crippen LogP contribution in [0.2, 0.25) is 0 Å². The molecule has 0 saturated carbocycles. The van der Waals surface area contributed by atoms with E-state index in [9.17, 15) is 15.2 Å². The van der Waals surface area contributed by atoms with Crippen LogP contribution < -0.4 is 10.1 Å². The number of ether oxygens (including phenoxy) is 1. The van der Waals surface area contributed by atoms with Crippen molar-refractivity contribution in [2.24, 2.45) is 5.92 Å². The largest absolute Gasteiger partial charge is 0.489 e. The zero-order valence-electron chi connectivity index (χ0n) is 20.2. The predicted molar refractivity (Wildman–Crippen MR) is 132 cm³/mol. The fourth-order valence-electron chi connectivity index (χ4n) is 4.77. The zero-order valence-corrected chi connectivity index (χ0v) is 20.2. The number of aliphatic hydroxyl groups is 1. The number of β-amino-alcohol motifs (C(OH)–C–C–N with tert-alkyl or cyclic N) is 1. The van der Waals surface area contributed by atoms with E-state index in [2.05, 4.69) is 49.5 Å². The summed E-state index contributed by atoms with van der Waals surface area (Å²) in [5.41, 5.74) is 4.21. The minimum absolute atomic E-state index is 0.0924. The van der Waals surface area contributed by atoms with Gasteiger partial charge in [-0.15, -0.1) is 0 Å². The van der Waals surface area contributed by atoms with Gasteiger partial charge in [-0.25, -0.2) is 0 Å². The van der Waals surface area contributed by atoms with Gasteiger partial charge in [0.25, 0.3) is 0 Å². The number of nitrogens with one attached hydrogen (secondary N) is 1. The average Bonchev–Trinajstić information content (AvgIpc) is 3.20. The van der Waals surface area contributed by atoms with Crippen LogP contribution in [0.15, 0.2) is 42.5 Å². The second-order valence-corrected chi connectivity index (χ2v) is 10.0. The molecule has 0 aromatic heterocycles. The Balaban J connectivity index is 1.44. The number of unbranched alkanes of at least 4 members (excludes halogenated alkanes) is 1. The molecule has 0 amide bonds. The van der Waals surface area contributed by atoms with E-state index in [-0.39, 0.29) is 18.6 Å². The molecule has 0 radical (unpaired) electrons. The summed E-state index contributed by atoms with van der Waals surface area (Å²) in [4.78, 5) is 10.7. The van der Waals surface area contributed by atoms with Crippen molar-refractivity contribution in [3.63, 3.8) is 0 Å². The van der Waals surface area contributed by atoms with Crippen LogP contribution in [0, 0.1) is 17.2 Å². The highest BCUT2D eigenvalue weighted by Crippen LogP contribution is 2.31. The van der Waals surface area contributed by atoms with Gasteiger partial charge in [0, 0.05) is 18.5 Å². The van der Waals surface area contributed by atoms with Crippen LogP contribution in [-0.2, 0) is 24.1 Å². The molecule has 34 heavy (non-hydrogen) atoms. The predicted octanol–water partition coefficient (Wildman–Crippen LogP) is 4.27. The average molecular weight is 465 g/mol. The third kappa shape index (κ3) is 7.86. The van der Waals surface area contributed by atoms with Gasteiger partial charge < -0.3 is 20.3 Å². The third-order valence-corrected chi connectivity index (χ3v) is 6.45. The molecule has 1 aliphatic rings. The van der Waals surface area contributed by atoms with E-state index in [0.29, 0.717) is 30.2 Å². The fraction of sp³-hybridized carbons (Fsp3) is 0.500. The number of carboxylic acids is 1. The summed E-state index contributed by atoms with van der Waals surface area (Å²) < 4.78 is 5.81. The monoisotopic (exact) mass is 464 g/mol. The van der Waals surface area contributed by atoms with Gasteiger partial charge in [-0.2, -0.15) is 5.26 Å². The number of nitriles is 1. The molecule has 0 spiro atoms. The lowest BCUT2D eigenvalue weighted by molar-refractivity contribution is -0.137. The lowest BCUT2D eigenvalue weighted by atomic mass is 9.88. The molecular weight excluding hydrogens is 428 g/mol. The van der Waals surface area contributed by atoms with Gasteiger partial charge in [-0.1, -0.05) is 30.3 Å². The Kier molecular flexibility index (Phi) is 9.09.